The fraction of sp³-hybridized carbons (Fsp3) is 0.182. The third-order valence-electron chi connectivity index (χ3n) is 4.68. The number of hydrogen-bond acceptors (Lipinski definition) is 8. The van der Waals surface area contributed by atoms with E-state index >= 15 is 0 Å². The molecule has 0 radical (unpaired) electrons. The summed E-state index contributed by atoms with van der Waals surface area (Å²) in [6, 6.07) is 12.6. The standard InChI is InChI=1S/C22H19N3O5S/c1-28-15-7-4-13(5-8-15)12-19-21(27)25-22(31-19)23-20(26)16(24-25)10-14-6-9-17(29-2)18(11-14)30-3/h4-9,11-12H,10H2,1-3H3/b19-12-. The van der Waals surface area contributed by atoms with Gasteiger partial charge in [-0.05, 0) is 41.5 Å². The summed E-state index contributed by atoms with van der Waals surface area (Å²) in [6.45, 7) is 0. The summed E-state index contributed by atoms with van der Waals surface area (Å²) in [4.78, 5) is 29.7. The van der Waals surface area contributed by atoms with E-state index in [2.05, 4.69) is 10.1 Å². The van der Waals surface area contributed by atoms with Crippen LogP contribution in [0.5, 0.6) is 17.2 Å². The van der Waals surface area contributed by atoms with Crippen molar-refractivity contribution in [1.29, 1.82) is 0 Å². The van der Waals surface area contributed by atoms with Crippen LogP contribution in [0.2, 0.25) is 0 Å². The molecule has 0 bridgehead atoms. The maximum absolute atomic E-state index is 12.8. The van der Waals surface area contributed by atoms with E-state index in [1.54, 1.807) is 32.4 Å². The fourth-order valence-corrected chi connectivity index (χ4v) is 3.99. The predicted octanol–water partition coefficient (Wildman–Crippen LogP) is 1.68. The van der Waals surface area contributed by atoms with Gasteiger partial charge in [0.15, 0.2) is 11.5 Å². The molecule has 0 saturated heterocycles. The van der Waals surface area contributed by atoms with Gasteiger partial charge in [-0.2, -0.15) is 14.6 Å². The van der Waals surface area contributed by atoms with Crippen LogP contribution in [0.3, 0.4) is 0 Å². The fourth-order valence-electron chi connectivity index (χ4n) is 3.09. The minimum Gasteiger partial charge on any atom is -0.497 e. The highest BCUT2D eigenvalue weighted by atomic mass is 32.1. The quantitative estimate of drug-likeness (QED) is 0.453. The first-order valence-electron chi connectivity index (χ1n) is 9.32. The molecule has 4 rings (SSSR count). The molecule has 4 aromatic rings. The predicted molar refractivity (Wildman–Crippen MR) is 118 cm³/mol. The number of aromatic nitrogens is 3. The van der Waals surface area contributed by atoms with E-state index in [1.807, 2.05) is 30.3 Å². The third kappa shape index (κ3) is 4.13. The average molecular weight is 437 g/mol. The highest BCUT2D eigenvalue weighted by Gasteiger charge is 2.13. The van der Waals surface area contributed by atoms with Gasteiger partial charge >= 0.3 is 0 Å². The number of thiazole rings is 1. The Morgan fingerprint density at radius 2 is 1.71 bits per heavy atom. The van der Waals surface area contributed by atoms with Crippen LogP contribution in [0, 0.1) is 0 Å². The molecule has 0 aliphatic carbocycles. The molecule has 8 nitrogen and oxygen atoms in total. The molecule has 0 saturated carbocycles. The van der Waals surface area contributed by atoms with E-state index in [9.17, 15) is 9.59 Å². The van der Waals surface area contributed by atoms with Crippen LogP contribution >= 0.6 is 11.3 Å². The largest absolute Gasteiger partial charge is 0.497 e. The Hall–Kier alpha value is -3.72. The van der Waals surface area contributed by atoms with E-state index in [4.69, 9.17) is 14.2 Å². The van der Waals surface area contributed by atoms with E-state index in [1.165, 1.54) is 11.6 Å². The Kier molecular flexibility index (Phi) is 5.68. The SMILES string of the molecule is COc1ccc(/C=c2\sc3nc(=O)c(Cc4ccc(OC)c(OC)c4)nn3c2=O)cc1. The van der Waals surface area contributed by atoms with E-state index in [0.29, 0.717) is 16.0 Å². The Bertz CT molecular complexity index is 1410. The molecule has 2 heterocycles. The minimum atomic E-state index is -0.466. The molecule has 0 aliphatic heterocycles. The third-order valence-corrected chi connectivity index (χ3v) is 5.64. The van der Waals surface area contributed by atoms with Crippen LogP contribution in [0.25, 0.3) is 11.0 Å². The van der Waals surface area contributed by atoms with Gasteiger partial charge in [0.05, 0.1) is 25.9 Å². The Morgan fingerprint density at radius 3 is 2.39 bits per heavy atom. The number of methoxy groups -OCH3 is 3. The van der Waals surface area contributed by atoms with Crippen molar-refractivity contribution in [3.63, 3.8) is 0 Å². The van der Waals surface area contributed by atoms with Crippen LogP contribution in [-0.4, -0.2) is 35.9 Å². The summed E-state index contributed by atoms with van der Waals surface area (Å²) >= 11 is 1.12. The van der Waals surface area contributed by atoms with Crippen molar-refractivity contribution in [3.8, 4) is 17.2 Å². The van der Waals surface area contributed by atoms with Crippen LogP contribution in [0.1, 0.15) is 16.8 Å². The zero-order chi connectivity index (χ0) is 22.0. The molecule has 0 spiro atoms. The lowest BCUT2D eigenvalue weighted by atomic mass is 10.1. The lowest BCUT2D eigenvalue weighted by molar-refractivity contribution is 0.354. The minimum absolute atomic E-state index is 0.176. The number of hydrogen-bond donors (Lipinski definition) is 0. The van der Waals surface area contributed by atoms with Gasteiger partial charge in [0.1, 0.15) is 11.4 Å². The molecule has 0 N–H and O–H groups in total. The van der Waals surface area contributed by atoms with Gasteiger partial charge in [0.2, 0.25) is 4.96 Å². The van der Waals surface area contributed by atoms with Crippen molar-refractivity contribution < 1.29 is 14.2 Å². The van der Waals surface area contributed by atoms with Crippen LogP contribution < -0.4 is 29.9 Å². The molecule has 0 fully saturated rings. The lowest BCUT2D eigenvalue weighted by Crippen LogP contribution is -2.28. The Labute approximate surface area is 181 Å². The van der Waals surface area contributed by atoms with Crippen molar-refractivity contribution in [2.75, 3.05) is 21.3 Å². The second-order valence-electron chi connectivity index (χ2n) is 6.61. The first-order chi connectivity index (χ1) is 15.0. The number of rotatable bonds is 6. The molecule has 0 unspecified atom stereocenters. The molecular weight excluding hydrogens is 418 g/mol. The smallest absolute Gasteiger partial charge is 0.296 e. The van der Waals surface area contributed by atoms with Gasteiger partial charge < -0.3 is 14.2 Å². The van der Waals surface area contributed by atoms with Crippen LogP contribution in [-0.2, 0) is 6.42 Å². The van der Waals surface area contributed by atoms with E-state index < -0.39 is 5.56 Å². The number of fused-ring (bicyclic) bond motifs is 1. The van der Waals surface area contributed by atoms with Crippen molar-refractivity contribution in [2.45, 2.75) is 6.42 Å². The topological polar surface area (TPSA) is 92.0 Å². The summed E-state index contributed by atoms with van der Waals surface area (Å²) in [5.41, 5.74) is 1.01. The molecule has 9 heteroatoms. The van der Waals surface area contributed by atoms with Gasteiger partial charge in [-0.25, -0.2) is 0 Å². The molecule has 158 valence electrons. The maximum Gasteiger partial charge on any atom is 0.296 e. The summed E-state index contributed by atoms with van der Waals surface area (Å²) in [7, 11) is 4.68. The highest BCUT2D eigenvalue weighted by Crippen LogP contribution is 2.28. The Balaban J connectivity index is 1.73. The van der Waals surface area contributed by atoms with Crippen molar-refractivity contribution in [1.82, 2.24) is 14.6 Å². The highest BCUT2D eigenvalue weighted by molar-refractivity contribution is 7.15. The first kappa shape index (κ1) is 20.5. The average Bonchev–Trinajstić information content (AvgIpc) is 3.08. The molecule has 2 aromatic carbocycles. The summed E-state index contributed by atoms with van der Waals surface area (Å²) < 4.78 is 17.3. The number of ether oxygens (including phenoxy) is 3. The van der Waals surface area contributed by atoms with Crippen molar-refractivity contribution in [3.05, 3.63) is 84.5 Å². The van der Waals surface area contributed by atoms with Gasteiger partial charge in [-0.1, -0.05) is 29.5 Å². The van der Waals surface area contributed by atoms with Gasteiger partial charge in [0, 0.05) is 6.42 Å². The van der Waals surface area contributed by atoms with Gasteiger partial charge in [-0.3, -0.25) is 9.59 Å². The molecule has 0 amide bonds. The zero-order valence-corrected chi connectivity index (χ0v) is 17.9. The van der Waals surface area contributed by atoms with Gasteiger partial charge in [-0.15, -0.1) is 0 Å². The normalized spacial score (nSPS) is 11.6. The number of benzene rings is 2. The van der Waals surface area contributed by atoms with Crippen LogP contribution in [0.4, 0.5) is 0 Å². The van der Waals surface area contributed by atoms with Gasteiger partial charge in [0.25, 0.3) is 11.1 Å². The summed E-state index contributed by atoms with van der Waals surface area (Å²) in [5, 5.41) is 4.28. The summed E-state index contributed by atoms with van der Waals surface area (Å²) in [6.07, 6.45) is 1.95. The second-order valence-corrected chi connectivity index (χ2v) is 7.62. The lowest BCUT2D eigenvalue weighted by Gasteiger charge is -2.09. The second kappa shape index (κ2) is 8.57. The summed E-state index contributed by atoms with van der Waals surface area (Å²) in [5.74, 6) is 1.86. The Morgan fingerprint density at radius 1 is 0.968 bits per heavy atom. The molecule has 2 aromatic heterocycles. The van der Waals surface area contributed by atoms with Crippen molar-refractivity contribution in [2.24, 2.45) is 0 Å². The van der Waals surface area contributed by atoms with E-state index in [-0.39, 0.29) is 22.6 Å². The molecular formula is C22H19N3O5S. The monoisotopic (exact) mass is 437 g/mol. The molecule has 0 atom stereocenters. The molecule has 0 aliphatic rings. The maximum atomic E-state index is 12.8. The molecule has 31 heavy (non-hydrogen) atoms. The zero-order valence-electron chi connectivity index (χ0n) is 17.1. The van der Waals surface area contributed by atoms with Crippen molar-refractivity contribution >= 4 is 22.4 Å². The number of nitrogens with zero attached hydrogens (tertiary/aromatic N) is 3. The van der Waals surface area contributed by atoms with E-state index in [0.717, 1.165) is 28.2 Å². The van der Waals surface area contributed by atoms with Crippen LogP contribution in [0.15, 0.2) is 52.1 Å². The first-order valence-corrected chi connectivity index (χ1v) is 10.1.